The highest BCUT2D eigenvalue weighted by Gasteiger charge is 2.75. The Bertz CT molecular complexity index is 1610. The van der Waals surface area contributed by atoms with Gasteiger partial charge in [0.2, 0.25) is 0 Å². The number of aryl methyl sites for hydroxylation is 1. The first kappa shape index (κ1) is 27.1. The Balaban J connectivity index is 1.25. The average molecular weight is 563 g/mol. The molecule has 6 heteroatoms. The molecule has 2 aliphatic heterocycles. The van der Waals surface area contributed by atoms with Crippen molar-refractivity contribution < 1.29 is 19.7 Å². The molecule has 42 heavy (non-hydrogen) atoms. The van der Waals surface area contributed by atoms with E-state index >= 15 is 0 Å². The van der Waals surface area contributed by atoms with Crippen LogP contribution in [0, 0.1) is 24.7 Å². The van der Waals surface area contributed by atoms with Crippen molar-refractivity contribution in [3.05, 3.63) is 94.5 Å². The van der Waals surface area contributed by atoms with Crippen molar-refractivity contribution in [1.82, 2.24) is 9.80 Å². The Hall–Kier alpha value is -3.79. The van der Waals surface area contributed by atoms with Crippen molar-refractivity contribution in [2.75, 3.05) is 20.1 Å². The normalized spacial score (nSPS) is 30.5. The fourth-order valence-electron chi connectivity index (χ4n) is 8.67. The van der Waals surface area contributed by atoms with Gasteiger partial charge in [-0.2, -0.15) is 0 Å². The van der Waals surface area contributed by atoms with E-state index in [0.29, 0.717) is 25.0 Å². The van der Waals surface area contributed by atoms with Gasteiger partial charge in [-0.15, -0.1) is 0 Å². The summed E-state index contributed by atoms with van der Waals surface area (Å²) >= 11 is 0. The summed E-state index contributed by atoms with van der Waals surface area (Å²) < 4.78 is 6.68. The lowest BCUT2D eigenvalue weighted by molar-refractivity contribution is -0.223. The molecule has 2 fully saturated rings. The molecule has 0 radical (unpaired) electrons. The molecule has 0 aromatic heterocycles. The van der Waals surface area contributed by atoms with Crippen LogP contribution in [0.4, 0.5) is 0 Å². The molecule has 7 rings (SSSR count). The number of aromatic hydroxyl groups is 1. The lowest BCUT2D eigenvalue weighted by Gasteiger charge is -2.66. The second-order valence-electron chi connectivity index (χ2n) is 12.8. The van der Waals surface area contributed by atoms with E-state index in [4.69, 9.17) is 4.74 Å². The predicted octanol–water partition coefficient (Wildman–Crippen LogP) is 4.22. The molecule has 3 aromatic rings. The number of piperidine rings is 1. The maximum Gasteiger partial charge on any atom is 0.298 e. The lowest BCUT2D eigenvalue weighted by Crippen LogP contribution is -2.80. The van der Waals surface area contributed by atoms with Crippen LogP contribution in [-0.2, 0) is 23.1 Å². The highest BCUT2D eigenvalue weighted by Crippen LogP contribution is 2.67. The van der Waals surface area contributed by atoms with E-state index < -0.39 is 17.1 Å². The topological polar surface area (TPSA) is 73.2 Å². The van der Waals surface area contributed by atoms with Crippen LogP contribution in [0.5, 0.6) is 11.5 Å². The molecule has 1 saturated heterocycles. The summed E-state index contributed by atoms with van der Waals surface area (Å²) in [5.41, 5.74) is 3.49. The number of ether oxygens (including phenoxy) is 1. The van der Waals surface area contributed by atoms with Gasteiger partial charge in [0.25, 0.3) is 5.91 Å². The van der Waals surface area contributed by atoms with Gasteiger partial charge in [-0.3, -0.25) is 9.69 Å². The summed E-state index contributed by atoms with van der Waals surface area (Å²) in [4.78, 5) is 17.7. The van der Waals surface area contributed by atoms with Crippen LogP contribution in [0.1, 0.15) is 47.6 Å². The minimum atomic E-state index is -1.06. The second-order valence-corrected chi connectivity index (χ2v) is 12.8. The fraction of sp³-hybridized carbons (Fsp3) is 0.417. The monoisotopic (exact) mass is 562 g/mol. The smallest absolute Gasteiger partial charge is 0.298 e. The molecular formula is C36H38N2O4. The first-order valence-electron chi connectivity index (χ1n) is 15.1. The molecule has 1 amide bonds. The van der Waals surface area contributed by atoms with Gasteiger partial charge in [0.1, 0.15) is 6.10 Å². The number of phenols is 1. The highest BCUT2D eigenvalue weighted by atomic mass is 16.5. The Kier molecular flexibility index (Phi) is 6.38. The second kappa shape index (κ2) is 9.90. The largest absolute Gasteiger partial charge is 0.504 e. The standard InChI is InChI=1S/C36H38N2O4/c1-23-8-7-11-26(20-23)12-15-31(40)37(3)28-21-24(2)36(41)30-22-27-13-14-29(39)33-32(27)35(36,34(28)42-33)17-19-38(30)18-16-25-9-5-4-6-10-25/h4-11,13-14,20,24,28,30,34,39,41H,16-19,21-22H2,1-3H3/t24-,28-,30+,34+,35-,36+/m0/s1. The van der Waals surface area contributed by atoms with Crippen LogP contribution in [0.15, 0.2) is 66.7 Å². The van der Waals surface area contributed by atoms with Crippen LogP contribution in [0.2, 0.25) is 0 Å². The number of hydrogen-bond donors (Lipinski definition) is 2. The third kappa shape index (κ3) is 3.83. The lowest BCUT2D eigenvalue weighted by atomic mass is 9.45. The van der Waals surface area contributed by atoms with E-state index in [9.17, 15) is 15.0 Å². The summed E-state index contributed by atoms with van der Waals surface area (Å²) in [6, 6.07) is 21.7. The summed E-state index contributed by atoms with van der Waals surface area (Å²) in [6.45, 7) is 5.81. The van der Waals surface area contributed by atoms with Crippen LogP contribution in [0.25, 0.3) is 0 Å². The van der Waals surface area contributed by atoms with Crippen LogP contribution in [-0.4, -0.2) is 69.8 Å². The Morgan fingerprint density at radius 3 is 2.74 bits per heavy atom. The average Bonchev–Trinajstić information content (AvgIpc) is 3.34. The minimum Gasteiger partial charge on any atom is -0.504 e. The number of hydrogen-bond acceptors (Lipinski definition) is 5. The fourth-order valence-corrected chi connectivity index (χ4v) is 8.67. The Morgan fingerprint density at radius 2 is 1.95 bits per heavy atom. The first-order valence-corrected chi connectivity index (χ1v) is 15.1. The van der Waals surface area contributed by atoms with Gasteiger partial charge >= 0.3 is 0 Å². The summed E-state index contributed by atoms with van der Waals surface area (Å²) in [5.74, 6) is 6.10. The maximum absolute atomic E-state index is 13.5. The molecule has 2 aliphatic carbocycles. The molecule has 2 bridgehead atoms. The van der Waals surface area contributed by atoms with Crippen LogP contribution >= 0.6 is 0 Å². The van der Waals surface area contributed by atoms with E-state index in [0.717, 1.165) is 41.8 Å². The van der Waals surface area contributed by atoms with E-state index in [1.807, 2.05) is 43.3 Å². The number of amides is 1. The number of likely N-dealkylation sites (tertiary alicyclic amines) is 1. The number of rotatable bonds is 4. The van der Waals surface area contributed by atoms with E-state index in [1.165, 1.54) is 5.56 Å². The van der Waals surface area contributed by atoms with Gasteiger partial charge in [0.15, 0.2) is 11.5 Å². The molecule has 1 spiro atoms. The molecule has 0 unspecified atom stereocenters. The van der Waals surface area contributed by atoms with Gasteiger partial charge in [-0.25, -0.2) is 0 Å². The quantitative estimate of drug-likeness (QED) is 0.466. The molecule has 6 atom stereocenters. The van der Waals surface area contributed by atoms with Crippen LogP contribution in [0.3, 0.4) is 0 Å². The van der Waals surface area contributed by atoms with Crippen molar-refractivity contribution in [2.24, 2.45) is 5.92 Å². The summed E-state index contributed by atoms with van der Waals surface area (Å²) in [6.07, 6.45) is 2.43. The molecule has 2 N–H and O–H groups in total. The SMILES string of the molecule is Cc1cccc(C#CC(=O)N(C)[C@H]2C[C@H](C)[C@@]3(O)[C@H]4Cc5ccc(O)c6c5[C@@]3(CCN4CCc3ccccc3)[C@@H]2O6)c1. The van der Waals surface area contributed by atoms with Crippen molar-refractivity contribution >= 4 is 5.91 Å². The summed E-state index contributed by atoms with van der Waals surface area (Å²) in [5, 5.41) is 24.0. The van der Waals surface area contributed by atoms with Gasteiger partial charge in [0, 0.05) is 36.7 Å². The number of nitrogens with zero attached hydrogens (tertiary/aromatic N) is 2. The number of benzene rings is 3. The molecule has 1 saturated carbocycles. The third-order valence-corrected chi connectivity index (χ3v) is 10.6. The van der Waals surface area contributed by atoms with Crippen molar-refractivity contribution in [3.63, 3.8) is 0 Å². The number of carbonyl (C=O) groups excluding carboxylic acids is 1. The maximum atomic E-state index is 13.5. The predicted molar refractivity (Wildman–Crippen MR) is 161 cm³/mol. The molecule has 2 heterocycles. The number of carbonyl (C=O) groups is 1. The Morgan fingerprint density at radius 1 is 1.14 bits per heavy atom. The molecule has 4 aliphatic rings. The molecule has 216 valence electrons. The van der Waals surface area contributed by atoms with Gasteiger partial charge in [-0.05, 0) is 80.0 Å². The van der Waals surface area contributed by atoms with E-state index in [-0.39, 0.29) is 29.7 Å². The van der Waals surface area contributed by atoms with Gasteiger partial charge < -0.3 is 19.8 Å². The number of aliphatic hydroxyl groups is 1. The first-order chi connectivity index (χ1) is 20.2. The molecular weight excluding hydrogens is 524 g/mol. The zero-order valence-electron chi connectivity index (χ0n) is 24.5. The number of phenolic OH excluding ortho intramolecular Hbond substituents is 1. The minimum absolute atomic E-state index is 0.0814. The Labute approximate surface area is 247 Å². The molecule has 3 aromatic carbocycles. The van der Waals surface area contributed by atoms with E-state index in [1.54, 1.807) is 18.0 Å². The van der Waals surface area contributed by atoms with Crippen molar-refractivity contribution in [3.8, 4) is 23.3 Å². The van der Waals surface area contributed by atoms with Crippen molar-refractivity contribution in [1.29, 1.82) is 0 Å². The summed E-state index contributed by atoms with van der Waals surface area (Å²) in [7, 11) is 1.80. The zero-order valence-corrected chi connectivity index (χ0v) is 24.5. The van der Waals surface area contributed by atoms with Crippen LogP contribution < -0.4 is 4.74 Å². The van der Waals surface area contributed by atoms with Crippen molar-refractivity contribution in [2.45, 2.75) is 68.7 Å². The van der Waals surface area contributed by atoms with Gasteiger partial charge in [-0.1, -0.05) is 61.4 Å². The van der Waals surface area contributed by atoms with E-state index in [2.05, 4.69) is 47.9 Å². The molecule has 6 nitrogen and oxygen atoms in total. The highest BCUT2D eigenvalue weighted by molar-refractivity contribution is 5.94. The zero-order chi connectivity index (χ0) is 29.2. The van der Waals surface area contributed by atoms with Gasteiger partial charge in [0.05, 0.1) is 17.1 Å². The number of likely N-dealkylation sites (N-methyl/N-ethyl adjacent to an activating group) is 1. The third-order valence-electron chi connectivity index (χ3n) is 10.6.